The van der Waals surface area contributed by atoms with Crippen molar-refractivity contribution in [1.82, 2.24) is 0 Å². The summed E-state index contributed by atoms with van der Waals surface area (Å²) < 4.78 is 0. The number of amides is 1. The fourth-order valence-corrected chi connectivity index (χ4v) is 10.6. The van der Waals surface area contributed by atoms with Crippen LogP contribution in [0.4, 0.5) is 5.69 Å². The molecule has 9 heteroatoms. The number of aliphatic hydroxyl groups excluding tert-OH is 1. The Morgan fingerprint density at radius 2 is 1.42 bits per heavy atom. The van der Waals surface area contributed by atoms with Gasteiger partial charge in [-0.25, -0.2) is 0 Å². The molecule has 1 aromatic carbocycles. The fraction of sp³-hybridized carbons (Fsp3) is 0.208. The van der Waals surface area contributed by atoms with E-state index in [-0.39, 0.29) is 28.2 Å². The molecule has 0 spiro atoms. The van der Waals surface area contributed by atoms with E-state index in [4.69, 9.17) is 23.2 Å². The molecule has 3 aromatic rings. The van der Waals surface area contributed by atoms with Gasteiger partial charge < -0.3 is 5.11 Å². The van der Waals surface area contributed by atoms with Crippen LogP contribution in [0, 0.1) is 11.8 Å². The van der Waals surface area contributed by atoms with E-state index >= 15 is 0 Å². The zero-order valence-electron chi connectivity index (χ0n) is 16.9. The summed E-state index contributed by atoms with van der Waals surface area (Å²) in [7, 11) is 0. The predicted octanol–water partition coefficient (Wildman–Crippen LogP) is 7.33. The molecule has 168 valence electrons. The topological polar surface area (TPSA) is 40.5 Å². The van der Waals surface area contributed by atoms with Gasteiger partial charge >= 0.3 is 0 Å². The van der Waals surface area contributed by atoms with Crippen molar-refractivity contribution in [3.05, 3.63) is 85.2 Å². The number of rotatable bonds is 3. The molecule has 0 bridgehead atoms. The largest absolute Gasteiger partial charge is 0.372 e. The van der Waals surface area contributed by atoms with Gasteiger partial charge in [0.05, 0.1) is 25.7 Å². The molecule has 0 saturated carbocycles. The predicted molar refractivity (Wildman–Crippen MR) is 144 cm³/mol. The van der Waals surface area contributed by atoms with Crippen molar-refractivity contribution in [3.8, 4) is 0 Å². The monoisotopic (exact) mass is 549 g/mol. The molecule has 3 aliphatic rings. The van der Waals surface area contributed by atoms with Crippen molar-refractivity contribution in [2.45, 2.75) is 16.7 Å². The first-order chi connectivity index (χ1) is 16.0. The molecule has 33 heavy (non-hydrogen) atoms. The van der Waals surface area contributed by atoms with Gasteiger partial charge in [0, 0.05) is 31.9 Å². The third kappa shape index (κ3) is 3.73. The van der Waals surface area contributed by atoms with E-state index in [0.29, 0.717) is 10.7 Å². The molecule has 1 fully saturated rings. The SMILES string of the molecule is O=C1C2C=C(c3sccc3Cl)SC2C2SC(c3sccc3Cl)=CC2C(O)N1c1ccccc1. The third-order valence-electron chi connectivity index (χ3n) is 6.11. The van der Waals surface area contributed by atoms with Crippen LogP contribution in [0.2, 0.25) is 10.0 Å². The molecule has 0 radical (unpaired) electrons. The Bertz CT molecular complexity index is 1280. The molecular formula is C24H17Cl2NO2S4. The Kier molecular flexibility index (Phi) is 5.94. The standard InChI is InChI=1S/C24H17Cl2NO2S4/c25-15-6-8-30-21(15)17-10-13-19(32-17)20-14(11-18(33-20)22-16(26)7-9-31-22)24(29)27(23(13)28)12-4-2-1-3-5-12/h1-11,13-14,19-20,23,28H. The summed E-state index contributed by atoms with van der Waals surface area (Å²) in [6.45, 7) is 0. The highest BCUT2D eigenvalue weighted by atomic mass is 35.5. The molecule has 5 heterocycles. The maximum atomic E-state index is 13.9. The average Bonchev–Trinajstić information content (AvgIpc) is 3.59. The minimum absolute atomic E-state index is 0.0171. The first kappa shape index (κ1) is 22.3. The maximum Gasteiger partial charge on any atom is 0.237 e. The van der Waals surface area contributed by atoms with Gasteiger partial charge in [0.15, 0.2) is 0 Å². The molecule has 1 saturated heterocycles. The zero-order chi connectivity index (χ0) is 22.7. The van der Waals surface area contributed by atoms with Crippen molar-refractivity contribution in [3.63, 3.8) is 0 Å². The summed E-state index contributed by atoms with van der Waals surface area (Å²) in [5.74, 6) is -0.651. The molecule has 1 amide bonds. The summed E-state index contributed by atoms with van der Waals surface area (Å²) in [5.41, 5.74) is 0.705. The van der Waals surface area contributed by atoms with Crippen LogP contribution >= 0.6 is 69.4 Å². The molecule has 3 aliphatic heterocycles. The molecule has 2 aromatic heterocycles. The summed E-state index contributed by atoms with van der Waals surface area (Å²) in [6, 6.07) is 13.2. The van der Waals surface area contributed by atoms with Gasteiger partial charge in [0.2, 0.25) is 5.91 Å². The molecule has 5 atom stereocenters. The summed E-state index contributed by atoms with van der Waals surface area (Å²) >= 11 is 19.5. The lowest BCUT2D eigenvalue weighted by Gasteiger charge is -2.31. The second-order valence-electron chi connectivity index (χ2n) is 7.98. The van der Waals surface area contributed by atoms with Crippen LogP contribution in [-0.4, -0.2) is 27.7 Å². The number of fused-ring (bicyclic) bond motifs is 3. The molecule has 5 unspecified atom stereocenters. The minimum atomic E-state index is -0.956. The van der Waals surface area contributed by atoms with E-state index in [2.05, 4.69) is 12.2 Å². The number of carbonyl (C=O) groups is 1. The molecular weight excluding hydrogens is 533 g/mol. The number of hydrogen-bond acceptors (Lipinski definition) is 6. The minimum Gasteiger partial charge on any atom is -0.372 e. The van der Waals surface area contributed by atoms with Crippen molar-refractivity contribution >= 4 is 90.8 Å². The smallest absolute Gasteiger partial charge is 0.237 e. The van der Waals surface area contributed by atoms with Crippen LogP contribution in [0.5, 0.6) is 0 Å². The molecule has 6 rings (SSSR count). The van der Waals surface area contributed by atoms with Crippen LogP contribution in [0.1, 0.15) is 9.75 Å². The van der Waals surface area contributed by atoms with E-state index in [1.807, 2.05) is 53.2 Å². The molecule has 0 aliphatic carbocycles. The number of nitrogens with zero attached hydrogens (tertiary/aromatic N) is 1. The normalized spacial score (nSPS) is 28.9. The van der Waals surface area contributed by atoms with Crippen molar-refractivity contribution in [1.29, 1.82) is 0 Å². The van der Waals surface area contributed by atoms with Crippen LogP contribution in [0.3, 0.4) is 0 Å². The van der Waals surface area contributed by atoms with E-state index in [9.17, 15) is 9.90 Å². The lowest BCUT2D eigenvalue weighted by Crippen LogP contribution is -2.45. The van der Waals surface area contributed by atoms with Crippen molar-refractivity contribution in [2.24, 2.45) is 11.8 Å². The summed E-state index contributed by atoms with van der Waals surface area (Å²) in [4.78, 5) is 19.6. The number of para-hydroxylation sites is 1. The summed E-state index contributed by atoms with van der Waals surface area (Å²) in [5, 5.41) is 16.9. The Labute approximate surface area is 218 Å². The number of thioether (sulfide) groups is 2. The van der Waals surface area contributed by atoms with E-state index in [1.54, 1.807) is 51.1 Å². The quantitative estimate of drug-likeness (QED) is 0.371. The Balaban J connectivity index is 1.45. The van der Waals surface area contributed by atoms with Crippen LogP contribution in [0.25, 0.3) is 9.81 Å². The lowest BCUT2D eigenvalue weighted by molar-refractivity contribution is -0.122. The van der Waals surface area contributed by atoms with Gasteiger partial charge in [-0.3, -0.25) is 9.69 Å². The number of halogens is 2. The first-order valence-corrected chi connectivity index (χ1v) is 14.6. The van der Waals surface area contributed by atoms with Gasteiger partial charge in [0.25, 0.3) is 0 Å². The van der Waals surface area contributed by atoms with Gasteiger partial charge in [-0.2, -0.15) is 0 Å². The van der Waals surface area contributed by atoms with E-state index in [0.717, 1.165) is 24.6 Å². The number of anilines is 1. The average molecular weight is 551 g/mol. The van der Waals surface area contributed by atoms with Gasteiger partial charge in [0.1, 0.15) is 6.23 Å². The lowest BCUT2D eigenvalue weighted by atomic mass is 9.95. The highest BCUT2D eigenvalue weighted by Gasteiger charge is 2.53. The Morgan fingerprint density at radius 1 is 0.818 bits per heavy atom. The van der Waals surface area contributed by atoms with E-state index in [1.165, 1.54) is 0 Å². The van der Waals surface area contributed by atoms with Crippen LogP contribution < -0.4 is 4.90 Å². The molecule has 3 nitrogen and oxygen atoms in total. The number of hydrogen-bond donors (Lipinski definition) is 1. The van der Waals surface area contributed by atoms with Crippen LogP contribution in [-0.2, 0) is 4.79 Å². The number of benzene rings is 1. The van der Waals surface area contributed by atoms with Gasteiger partial charge in [-0.05, 0) is 35.0 Å². The van der Waals surface area contributed by atoms with Gasteiger partial charge in [-0.1, -0.05) is 53.6 Å². The van der Waals surface area contributed by atoms with Crippen molar-refractivity contribution < 1.29 is 9.90 Å². The second kappa shape index (κ2) is 8.79. The second-order valence-corrected chi connectivity index (χ2v) is 13.1. The highest BCUT2D eigenvalue weighted by Crippen LogP contribution is 2.58. The maximum absolute atomic E-state index is 13.9. The number of thiophene rings is 2. The van der Waals surface area contributed by atoms with Crippen molar-refractivity contribution in [2.75, 3.05) is 4.90 Å². The highest BCUT2D eigenvalue weighted by molar-refractivity contribution is 8.13. The van der Waals surface area contributed by atoms with E-state index < -0.39 is 6.23 Å². The number of aliphatic hydroxyl groups is 1. The Morgan fingerprint density at radius 3 is 2.03 bits per heavy atom. The Hall–Kier alpha value is -1.19. The summed E-state index contributed by atoms with van der Waals surface area (Å²) in [6.07, 6.45) is 3.21. The third-order valence-corrected chi connectivity index (χ3v) is 12.2. The van der Waals surface area contributed by atoms with Gasteiger partial charge in [-0.15, -0.1) is 46.2 Å². The molecule has 1 N–H and O–H groups in total. The zero-order valence-corrected chi connectivity index (χ0v) is 21.7. The number of carbonyl (C=O) groups excluding carboxylic acids is 1. The fourth-order valence-electron chi connectivity index (χ4n) is 4.61. The van der Waals surface area contributed by atoms with Crippen LogP contribution in [0.15, 0.2) is 65.4 Å². The first-order valence-electron chi connectivity index (χ1n) is 10.3.